The van der Waals surface area contributed by atoms with E-state index in [0.29, 0.717) is 29.6 Å². The average Bonchev–Trinajstić information content (AvgIpc) is 2.46. The molecule has 0 spiro atoms. The molecule has 21 heavy (non-hydrogen) atoms. The van der Waals surface area contributed by atoms with E-state index in [0.717, 1.165) is 5.56 Å². The van der Waals surface area contributed by atoms with Gasteiger partial charge in [-0.15, -0.1) is 0 Å². The summed E-state index contributed by atoms with van der Waals surface area (Å²) in [5.74, 6) is -0.231. The lowest BCUT2D eigenvalue weighted by Crippen LogP contribution is -2.46. The van der Waals surface area contributed by atoms with Gasteiger partial charge in [-0.05, 0) is 30.0 Å². The van der Waals surface area contributed by atoms with Gasteiger partial charge in [-0.1, -0.05) is 36.2 Å². The molecule has 1 fully saturated rings. The molecule has 0 aliphatic carbocycles. The quantitative estimate of drug-likeness (QED) is 0.865. The standard InChI is InChI=1S/C15H19Cl2NO3/c1-9-8-18(6-5-13(9)19)14(15(20)21-2)10-3-4-11(16)12(17)7-10/h3-4,7,9,13-14,19H,5-6,8H2,1-2H3. The maximum atomic E-state index is 12.2. The van der Waals surface area contributed by atoms with Crippen molar-refractivity contribution in [2.75, 3.05) is 20.2 Å². The number of carbonyl (C=O) groups excluding carboxylic acids is 1. The summed E-state index contributed by atoms with van der Waals surface area (Å²) in [4.78, 5) is 14.2. The molecule has 0 radical (unpaired) electrons. The second-order valence-electron chi connectivity index (χ2n) is 5.43. The SMILES string of the molecule is COC(=O)C(c1ccc(Cl)c(Cl)c1)N1CCC(O)C(C)C1. The predicted molar refractivity (Wildman–Crippen MR) is 82.6 cm³/mol. The number of likely N-dealkylation sites (tertiary alicyclic amines) is 1. The van der Waals surface area contributed by atoms with Crippen molar-refractivity contribution >= 4 is 29.2 Å². The molecule has 1 aliphatic rings. The number of esters is 1. The Morgan fingerprint density at radius 1 is 1.43 bits per heavy atom. The van der Waals surface area contributed by atoms with Crippen LogP contribution in [0, 0.1) is 5.92 Å². The zero-order valence-corrected chi connectivity index (χ0v) is 13.6. The van der Waals surface area contributed by atoms with Crippen molar-refractivity contribution < 1.29 is 14.6 Å². The van der Waals surface area contributed by atoms with Gasteiger partial charge in [0.25, 0.3) is 0 Å². The number of nitrogens with zero attached hydrogens (tertiary/aromatic N) is 1. The van der Waals surface area contributed by atoms with Crippen LogP contribution in [0.1, 0.15) is 24.9 Å². The lowest BCUT2D eigenvalue weighted by molar-refractivity contribution is -0.149. The fraction of sp³-hybridized carbons (Fsp3) is 0.533. The zero-order chi connectivity index (χ0) is 15.6. The van der Waals surface area contributed by atoms with Gasteiger partial charge in [0.05, 0.1) is 23.3 Å². The van der Waals surface area contributed by atoms with Crippen molar-refractivity contribution in [3.05, 3.63) is 33.8 Å². The third-order valence-corrected chi connectivity index (χ3v) is 4.68. The first-order valence-electron chi connectivity index (χ1n) is 6.89. The molecule has 1 aromatic carbocycles. The Labute approximate surface area is 134 Å². The van der Waals surface area contributed by atoms with Crippen LogP contribution < -0.4 is 0 Å². The number of methoxy groups -OCH3 is 1. The molecule has 1 aromatic rings. The maximum Gasteiger partial charge on any atom is 0.327 e. The van der Waals surface area contributed by atoms with E-state index in [1.807, 2.05) is 11.8 Å². The van der Waals surface area contributed by atoms with Crippen molar-refractivity contribution in [3.63, 3.8) is 0 Å². The van der Waals surface area contributed by atoms with Gasteiger partial charge in [0.15, 0.2) is 0 Å². The van der Waals surface area contributed by atoms with Crippen molar-refractivity contribution in [1.29, 1.82) is 0 Å². The first kappa shape index (κ1) is 16.6. The zero-order valence-electron chi connectivity index (χ0n) is 12.1. The summed E-state index contributed by atoms with van der Waals surface area (Å²) in [5, 5.41) is 10.7. The van der Waals surface area contributed by atoms with E-state index in [1.165, 1.54) is 7.11 Å². The van der Waals surface area contributed by atoms with Gasteiger partial charge < -0.3 is 9.84 Å². The van der Waals surface area contributed by atoms with Gasteiger partial charge >= 0.3 is 5.97 Å². The fourth-order valence-electron chi connectivity index (χ4n) is 2.69. The minimum Gasteiger partial charge on any atom is -0.468 e. The van der Waals surface area contributed by atoms with Crippen molar-refractivity contribution in [1.82, 2.24) is 4.90 Å². The highest BCUT2D eigenvalue weighted by Crippen LogP contribution is 2.31. The highest BCUT2D eigenvalue weighted by atomic mass is 35.5. The van der Waals surface area contributed by atoms with E-state index in [-0.39, 0.29) is 18.0 Å². The van der Waals surface area contributed by atoms with Gasteiger partial charge in [-0.25, -0.2) is 4.79 Å². The molecule has 1 heterocycles. The summed E-state index contributed by atoms with van der Waals surface area (Å²) in [6.07, 6.45) is 0.309. The minimum absolute atomic E-state index is 0.105. The molecule has 0 bridgehead atoms. The molecule has 6 heteroatoms. The molecule has 0 aromatic heterocycles. The summed E-state index contributed by atoms with van der Waals surface area (Å²) in [6.45, 7) is 3.23. The predicted octanol–water partition coefficient (Wildman–Crippen LogP) is 2.91. The molecule has 1 saturated heterocycles. The highest BCUT2D eigenvalue weighted by molar-refractivity contribution is 6.42. The Hall–Kier alpha value is -0.810. The molecule has 1 N–H and O–H groups in total. The molecule has 1 aliphatic heterocycles. The molecule has 2 rings (SSSR count). The number of ether oxygens (including phenoxy) is 1. The van der Waals surface area contributed by atoms with E-state index in [1.54, 1.807) is 18.2 Å². The molecule has 0 saturated carbocycles. The van der Waals surface area contributed by atoms with E-state index >= 15 is 0 Å². The van der Waals surface area contributed by atoms with E-state index in [4.69, 9.17) is 27.9 Å². The Bertz CT molecular complexity index is 524. The lowest BCUT2D eigenvalue weighted by atomic mass is 9.93. The summed E-state index contributed by atoms with van der Waals surface area (Å²) in [5.41, 5.74) is 0.750. The first-order chi connectivity index (χ1) is 9.93. The van der Waals surface area contributed by atoms with Crippen LogP contribution in [0.25, 0.3) is 0 Å². The van der Waals surface area contributed by atoms with Gasteiger partial charge in [0, 0.05) is 13.1 Å². The number of hydrogen-bond acceptors (Lipinski definition) is 4. The normalized spacial score (nSPS) is 24.6. The summed E-state index contributed by atoms with van der Waals surface area (Å²) < 4.78 is 4.93. The average molecular weight is 332 g/mol. The molecule has 0 amide bonds. The van der Waals surface area contributed by atoms with Gasteiger partial charge in [0.2, 0.25) is 0 Å². The number of hydrogen-bond donors (Lipinski definition) is 1. The van der Waals surface area contributed by atoms with Crippen LogP contribution in [-0.2, 0) is 9.53 Å². The number of halogens is 2. The third kappa shape index (κ3) is 3.69. The van der Waals surface area contributed by atoms with E-state index < -0.39 is 6.04 Å². The van der Waals surface area contributed by atoms with E-state index in [2.05, 4.69) is 0 Å². The van der Waals surface area contributed by atoms with Gasteiger partial charge in [-0.2, -0.15) is 0 Å². The van der Waals surface area contributed by atoms with Crippen LogP contribution in [0.15, 0.2) is 18.2 Å². The summed E-state index contributed by atoms with van der Waals surface area (Å²) >= 11 is 12.0. The van der Waals surface area contributed by atoms with Crippen LogP contribution in [0.2, 0.25) is 10.0 Å². The molecule has 3 atom stereocenters. The van der Waals surface area contributed by atoms with Crippen LogP contribution in [-0.4, -0.2) is 42.3 Å². The second-order valence-corrected chi connectivity index (χ2v) is 6.24. The highest BCUT2D eigenvalue weighted by Gasteiger charge is 2.34. The van der Waals surface area contributed by atoms with E-state index in [9.17, 15) is 9.90 Å². The third-order valence-electron chi connectivity index (χ3n) is 3.94. The number of aliphatic hydroxyl groups excluding tert-OH is 1. The summed E-state index contributed by atoms with van der Waals surface area (Å²) in [6, 6.07) is 4.63. The minimum atomic E-state index is -0.528. The largest absolute Gasteiger partial charge is 0.468 e. The molecular formula is C15H19Cl2NO3. The van der Waals surface area contributed by atoms with Crippen LogP contribution in [0.4, 0.5) is 0 Å². The van der Waals surface area contributed by atoms with Crippen LogP contribution in [0.3, 0.4) is 0 Å². The Balaban J connectivity index is 2.30. The number of piperidine rings is 1. The topological polar surface area (TPSA) is 49.8 Å². The fourth-order valence-corrected chi connectivity index (χ4v) is 3.00. The second kappa shape index (κ2) is 6.97. The van der Waals surface area contributed by atoms with Crippen molar-refractivity contribution in [3.8, 4) is 0 Å². The van der Waals surface area contributed by atoms with Crippen molar-refractivity contribution in [2.24, 2.45) is 5.92 Å². The Morgan fingerprint density at radius 3 is 2.71 bits per heavy atom. The molecule has 3 unspecified atom stereocenters. The molecular weight excluding hydrogens is 313 g/mol. The summed E-state index contributed by atoms with van der Waals surface area (Å²) in [7, 11) is 1.37. The van der Waals surface area contributed by atoms with Gasteiger partial charge in [-0.3, -0.25) is 4.90 Å². The number of rotatable bonds is 3. The first-order valence-corrected chi connectivity index (χ1v) is 7.64. The van der Waals surface area contributed by atoms with Crippen molar-refractivity contribution in [2.45, 2.75) is 25.5 Å². The maximum absolute atomic E-state index is 12.2. The van der Waals surface area contributed by atoms with Crippen LogP contribution in [0.5, 0.6) is 0 Å². The monoisotopic (exact) mass is 331 g/mol. The molecule has 116 valence electrons. The number of carbonyl (C=O) groups is 1. The Morgan fingerprint density at radius 2 is 2.14 bits per heavy atom. The molecule has 4 nitrogen and oxygen atoms in total. The van der Waals surface area contributed by atoms with Crippen LogP contribution >= 0.6 is 23.2 Å². The number of benzene rings is 1. The lowest BCUT2D eigenvalue weighted by Gasteiger charge is -2.38. The smallest absolute Gasteiger partial charge is 0.327 e. The van der Waals surface area contributed by atoms with Gasteiger partial charge in [0.1, 0.15) is 6.04 Å². The Kier molecular flexibility index (Phi) is 5.49. The number of aliphatic hydroxyl groups is 1.